The molecule has 13 heavy (non-hydrogen) atoms. The van der Waals surface area contributed by atoms with Gasteiger partial charge in [-0.05, 0) is 19.1 Å². The molecule has 6 heteroatoms. The highest BCUT2D eigenvalue weighted by Gasteiger charge is 2.03. The number of aryl methyl sites for hydroxylation is 2. The molecule has 0 saturated carbocycles. The minimum absolute atomic E-state index is 0.124. The largest absolute Gasteiger partial charge is 0.335 e. The molecule has 1 aromatic rings. The fraction of sp³-hybridized carbons (Fsp3) is 0.571. The first kappa shape index (κ1) is 10.5. The second-order valence-electron chi connectivity index (χ2n) is 3.07. The van der Waals surface area contributed by atoms with Gasteiger partial charge in [-0.3, -0.25) is 0 Å². The predicted octanol–water partition coefficient (Wildman–Crippen LogP) is 0.899. The number of nitrogens with one attached hydrogen (secondary N) is 1. The lowest BCUT2D eigenvalue weighted by molar-refractivity contribution is 0.594. The molecule has 74 valence electrons. The van der Waals surface area contributed by atoms with Gasteiger partial charge in [0.25, 0.3) is 0 Å². The Hall–Kier alpha value is -0.620. The van der Waals surface area contributed by atoms with E-state index in [4.69, 9.17) is 12.2 Å². The second kappa shape index (κ2) is 3.63. The van der Waals surface area contributed by atoms with Gasteiger partial charge < -0.3 is 9.55 Å². The van der Waals surface area contributed by atoms with Crippen molar-refractivity contribution in [3.63, 3.8) is 0 Å². The van der Waals surface area contributed by atoms with E-state index in [1.54, 1.807) is 4.57 Å². The highest BCUT2D eigenvalue weighted by atomic mass is 32.2. The van der Waals surface area contributed by atoms with Gasteiger partial charge in [0.15, 0.2) is 4.77 Å². The van der Waals surface area contributed by atoms with Gasteiger partial charge >= 0.3 is 0 Å². The normalized spacial score (nSPS) is 11.8. The molecule has 0 atom stereocenters. The summed E-state index contributed by atoms with van der Waals surface area (Å²) in [4.78, 5) is 2.93. The van der Waals surface area contributed by atoms with Gasteiger partial charge in [0, 0.05) is 24.7 Å². The van der Waals surface area contributed by atoms with E-state index in [1.807, 2.05) is 13.1 Å². The summed E-state index contributed by atoms with van der Waals surface area (Å²) < 4.78 is 24.0. The van der Waals surface area contributed by atoms with E-state index in [0.717, 1.165) is 5.69 Å². The van der Waals surface area contributed by atoms with E-state index in [9.17, 15) is 8.42 Å². The molecule has 4 nitrogen and oxygen atoms in total. The van der Waals surface area contributed by atoms with Crippen molar-refractivity contribution >= 4 is 22.1 Å². The topological polar surface area (TPSA) is 54.9 Å². The van der Waals surface area contributed by atoms with Gasteiger partial charge in [-0.15, -0.1) is 0 Å². The molecule has 0 aliphatic heterocycles. The zero-order valence-electron chi connectivity index (χ0n) is 7.57. The lowest BCUT2D eigenvalue weighted by atomic mass is 10.6. The summed E-state index contributed by atoms with van der Waals surface area (Å²) in [6, 6.07) is 0. The van der Waals surface area contributed by atoms with Crippen molar-refractivity contribution in [1.82, 2.24) is 9.55 Å². The number of nitrogens with zero attached hydrogens (tertiary/aromatic N) is 1. The van der Waals surface area contributed by atoms with Crippen LogP contribution >= 0.6 is 12.2 Å². The zero-order chi connectivity index (χ0) is 10.1. The summed E-state index contributed by atoms with van der Waals surface area (Å²) in [5, 5.41) is 0. The minimum atomic E-state index is -2.91. The molecule has 1 heterocycles. The maximum atomic E-state index is 10.9. The molecule has 0 fully saturated rings. The summed E-state index contributed by atoms with van der Waals surface area (Å²) in [6.45, 7) is 2.30. The molecule has 0 radical (unpaired) electrons. The minimum Gasteiger partial charge on any atom is -0.335 e. The van der Waals surface area contributed by atoms with Gasteiger partial charge in [-0.1, -0.05) is 0 Å². The zero-order valence-corrected chi connectivity index (χ0v) is 9.20. The maximum Gasteiger partial charge on any atom is 0.177 e. The van der Waals surface area contributed by atoms with Crippen molar-refractivity contribution < 1.29 is 8.42 Å². The van der Waals surface area contributed by atoms with Gasteiger partial charge in [-0.2, -0.15) is 0 Å². The van der Waals surface area contributed by atoms with Crippen LogP contribution in [0.4, 0.5) is 0 Å². The number of hydrogen-bond acceptors (Lipinski definition) is 3. The number of rotatable bonds is 3. The fourth-order valence-corrected chi connectivity index (χ4v) is 1.83. The monoisotopic (exact) mass is 220 g/mol. The number of aromatic amines is 1. The van der Waals surface area contributed by atoms with E-state index < -0.39 is 9.84 Å². The molecule has 1 N–H and O–H groups in total. The molecule has 0 spiro atoms. The summed E-state index contributed by atoms with van der Waals surface area (Å²) in [7, 11) is -2.91. The first-order chi connectivity index (χ1) is 5.88. The van der Waals surface area contributed by atoms with Crippen molar-refractivity contribution in [2.75, 3.05) is 12.0 Å². The molecule has 0 unspecified atom stereocenters. The number of H-pyrrole nitrogens is 1. The molecule has 0 aliphatic carbocycles. The maximum absolute atomic E-state index is 10.9. The Balaban J connectivity index is 2.76. The van der Waals surface area contributed by atoms with E-state index in [1.165, 1.54) is 6.26 Å². The molecule has 0 saturated heterocycles. The van der Waals surface area contributed by atoms with Gasteiger partial charge in [0.05, 0.1) is 5.75 Å². The fourth-order valence-electron chi connectivity index (χ4n) is 0.995. The Morgan fingerprint density at radius 3 is 2.62 bits per heavy atom. The van der Waals surface area contributed by atoms with Crippen LogP contribution in [0, 0.1) is 11.7 Å². The predicted molar refractivity (Wildman–Crippen MR) is 54.1 cm³/mol. The van der Waals surface area contributed by atoms with Crippen LogP contribution in [-0.2, 0) is 16.4 Å². The average molecular weight is 220 g/mol. The first-order valence-electron chi connectivity index (χ1n) is 3.82. The van der Waals surface area contributed by atoms with Crippen LogP contribution in [0.15, 0.2) is 6.20 Å². The van der Waals surface area contributed by atoms with Crippen LogP contribution < -0.4 is 0 Å². The average Bonchev–Trinajstić information content (AvgIpc) is 2.24. The Morgan fingerprint density at radius 2 is 2.23 bits per heavy atom. The molecule has 0 amide bonds. The molecular formula is C7H12N2O2S2. The van der Waals surface area contributed by atoms with Crippen LogP contribution in [0.5, 0.6) is 0 Å². The van der Waals surface area contributed by atoms with Crippen molar-refractivity contribution in [2.45, 2.75) is 13.5 Å². The Kier molecular flexibility index (Phi) is 2.92. The molecule has 0 aromatic carbocycles. The van der Waals surface area contributed by atoms with Crippen LogP contribution in [0.25, 0.3) is 0 Å². The number of aromatic nitrogens is 2. The summed E-state index contributed by atoms with van der Waals surface area (Å²) >= 11 is 4.97. The molecule has 1 rings (SSSR count). The second-order valence-corrected chi connectivity index (χ2v) is 5.71. The molecule has 1 aromatic heterocycles. The third-order valence-corrected chi connectivity index (χ3v) is 2.88. The van der Waals surface area contributed by atoms with Gasteiger partial charge in [0.2, 0.25) is 0 Å². The van der Waals surface area contributed by atoms with Crippen molar-refractivity contribution in [3.8, 4) is 0 Å². The van der Waals surface area contributed by atoms with Crippen LogP contribution in [0.3, 0.4) is 0 Å². The van der Waals surface area contributed by atoms with Gasteiger partial charge in [-0.25, -0.2) is 8.42 Å². The quantitative estimate of drug-likeness (QED) is 0.770. The van der Waals surface area contributed by atoms with E-state index in [-0.39, 0.29) is 5.75 Å². The smallest absolute Gasteiger partial charge is 0.177 e. The van der Waals surface area contributed by atoms with Gasteiger partial charge in [0.1, 0.15) is 9.84 Å². The van der Waals surface area contributed by atoms with E-state index >= 15 is 0 Å². The third kappa shape index (κ3) is 3.31. The summed E-state index contributed by atoms with van der Waals surface area (Å²) in [5.41, 5.74) is 0.943. The Morgan fingerprint density at radius 1 is 1.62 bits per heavy atom. The Labute approximate surface area is 82.5 Å². The standard InChI is InChI=1S/C7H12N2O2S2/c1-6-5-9(7(12)8-6)3-4-13(2,10)11/h5H,3-4H2,1-2H3,(H,8,12). The molecule has 0 aliphatic rings. The number of imidazole rings is 1. The van der Waals surface area contributed by atoms with E-state index in [0.29, 0.717) is 11.3 Å². The van der Waals surface area contributed by atoms with Crippen LogP contribution in [0.1, 0.15) is 5.69 Å². The highest BCUT2D eigenvalue weighted by Crippen LogP contribution is 1.98. The van der Waals surface area contributed by atoms with Crippen molar-refractivity contribution in [2.24, 2.45) is 0 Å². The first-order valence-corrected chi connectivity index (χ1v) is 6.29. The molecule has 0 bridgehead atoms. The lowest BCUT2D eigenvalue weighted by Gasteiger charge is -1.99. The Bertz CT molecular complexity index is 441. The highest BCUT2D eigenvalue weighted by molar-refractivity contribution is 7.90. The number of sulfone groups is 1. The lowest BCUT2D eigenvalue weighted by Crippen LogP contribution is -2.10. The van der Waals surface area contributed by atoms with Crippen molar-refractivity contribution in [3.05, 3.63) is 16.7 Å². The summed E-state index contributed by atoms with van der Waals surface area (Å²) in [5.74, 6) is 0.124. The summed E-state index contributed by atoms with van der Waals surface area (Å²) in [6.07, 6.45) is 3.03. The SMILES string of the molecule is Cc1cn(CCS(C)(=O)=O)c(=S)[nH]1. The molecular weight excluding hydrogens is 208 g/mol. The van der Waals surface area contributed by atoms with Crippen molar-refractivity contribution in [1.29, 1.82) is 0 Å². The van der Waals surface area contributed by atoms with Crippen LogP contribution in [0.2, 0.25) is 0 Å². The number of hydrogen-bond donors (Lipinski definition) is 1. The van der Waals surface area contributed by atoms with Crippen LogP contribution in [-0.4, -0.2) is 30.0 Å². The van der Waals surface area contributed by atoms with E-state index in [2.05, 4.69) is 4.98 Å². The third-order valence-electron chi connectivity index (χ3n) is 1.62.